The van der Waals surface area contributed by atoms with Crippen molar-refractivity contribution in [1.82, 2.24) is 0 Å². The van der Waals surface area contributed by atoms with Crippen molar-refractivity contribution < 1.29 is 19.3 Å². The average Bonchev–Trinajstić information content (AvgIpc) is 2.34. The summed E-state index contributed by atoms with van der Waals surface area (Å²) in [4.78, 5) is 0. The Morgan fingerprint density at radius 1 is 0.938 bits per heavy atom. The van der Waals surface area contributed by atoms with Crippen LogP contribution in [0.2, 0.25) is 0 Å². The van der Waals surface area contributed by atoms with Gasteiger partial charge in [-0.15, -0.1) is 0 Å². The Morgan fingerprint density at radius 3 is 1.81 bits per heavy atom. The number of rotatable bonds is 3. The lowest BCUT2D eigenvalue weighted by molar-refractivity contribution is 0.309. The lowest BCUT2D eigenvalue weighted by Crippen LogP contribution is -1.96. The fourth-order valence-electron chi connectivity index (χ4n) is 1.26. The first kappa shape index (κ1) is 14.4. The lowest BCUT2D eigenvalue weighted by Gasteiger charge is -2.14. The molecule has 0 unspecified atom stereocenters. The normalized spacial score (nSPS) is 8.88. The number of phenolic OH excluding ortho intramolecular Hbond substituents is 1. The molecule has 0 saturated heterocycles. The average molecular weight is 228 g/mol. The number of aryl methyl sites for hydroxylation is 1. The maximum Gasteiger partial charge on any atom is 0.207 e. The third-order valence-corrected chi connectivity index (χ3v) is 1.99. The quantitative estimate of drug-likeness (QED) is 0.864. The van der Waals surface area contributed by atoms with Gasteiger partial charge >= 0.3 is 0 Å². The molecule has 0 aliphatic heterocycles. The minimum Gasteiger partial charge on any atom is -0.504 e. The molecular formula is C12H20O4. The van der Waals surface area contributed by atoms with Crippen LogP contribution >= 0.6 is 0 Å². The minimum atomic E-state index is 0.0742. The van der Waals surface area contributed by atoms with Gasteiger partial charge in [-0.1, -0.05) is 13.8 Å². The minimum absolute atomic E-state index is 0.0742. The van der Waals surface area contributed by atoms with Gasteiger partial charge in [0.25, 0.3) is 0 Å². The first-order valence-electron chi connectivity index (χ1n) is 5.14. The molecule has 0 spiro atoms. The lowest BCUT2D eigenvalue weighted by atomic mass is 10.2. The van der Waals surface area contributed by atoms with Crippen LogP contribution in [0, 0.1) is 6.92 Å². The van der Waals surface area contributed by atoms with E-state index in [9.17, 15) is 5.11 Å². The monoisotopic (exact) mass is 228 g/mol. The van der Waals surface area contributed by atoms with Gasteiger partial charge in [-0.3, -0.25) is 0 Å². The zero-order valence-corrected chi connectivity index (χ0v) is 10.7. The van der Waals surface area contributed by atoms with Gasteiger partial charge in [-0.05, 0) is 18.6 Å². The molecule has 1 rings (SSSR count). The van der Waals surface area contributed by atoms with Crippen LogP contribution in [0.15, 0.2) is 6.07 Å². The fourth-order valence-corrected chi connectivity index (χ4v) is 1.26. The summed E-state index contributed by atoms with van der Waals surface area (Å²) in [7, 11) is 4.50. The summed E-state index contributed by atoms with van der Waals surface area (Å²) in [5.41, 5.74) is 0.680. The number of benzene rings is 1. The molecular weight excluding hydrogens is 208 g/mol. The summed E-state index contributed by atoms with van der Waals surface area (Å²) < 4.78 is 15.2. The molecule has 0 aromatic heterocycles. The molecule has 92 valence electrons. The molecule has 4 nitrogen and oxygen atoms in total. The van der Waals surface area contributed by atoms with Gasteiger partial charge in [0.05, 0.1) is 21.3 Å². The third kappa shape index (κ3) is 2.72. The number of phenols is 1. The molecule has 0 amide bonds. The van der Waals surface area contributed by atoms with Crippen LogP contribution in [-0.4, -0.2) is 26.4 Å². The van der Waals surface area contributed by atoms with Gasteiger partial charge in [0, 0.05) is 0 Å². The molecule has 0 aliphatic rings. The molecule has 1 aromatic rings. The molecule has 0 fully saturated rings. The molecule has 1 N–H and O–H groups in total. The van der Waals surface area contributed by atoms with E-state index in [0.29, 0.717) is 22.8 Å². The van der Waals surface area contributed by atoms with Crippen molar-refractivity contribution >= 4 is 0 Å². The predicted molar refractivity (Wildman–Crippen MR) is 63.8 cm³/mol. The van der Waals surface area contributed by atoms with E-state index in [2.05, 4.69) is 0 Å². The molecule has 16 heavy (non-hydrogen) atoms. The summed E-state index contributed by atoms with van der Waals surface area (Å²) in [6.07, 6.45) is 0. The summed E-state index contributed by atoms with van der Waals surface area (Å²) in [5.74, 6) is 1.31. The molecule has 0 radical (unpaired) electrons. The van der Waals surface area contributed by atoms with Gasteiger partial charge in [0.2, 0.25) is 11.5 Å². The van der Waals surface area contributed by atoms with Crippen molar-refractivity contribution in [3.05, 3.63) is 11.6 Å². The molecule has 0 heterocycles. The topological polar surface area (TPSA) is 47.9 Å². The Labute approximate surface area is 96.8 Å². The number of aromatic hydroxyl groups is 1. The highest BCUT2D eigenvalue weighted by Crippen LogP contribution is 2.45. The highest BCUT2D eigenvalue weighted by atomic mass is 16.5. The van der Waals surface area contributed by atoms with E-state index >= 15 is 0 Å². The predicted octanol–water partition coefficient (Wildman–Crippen LogP) is 2.75. The number of hydrogen-bond donors (Lipinski definition) is 1. The van der Waals surface area contributed by atoms with Crippen LogP contribution in [0.5, 0.6) is 23.0 Å². The fraction of sp³-hybridized carbons (Fsp3) is 0.500. The Bertz CT molecular complexity index is 334. The number of hydrogen-bond acceptors (Lipinski definition) is 4. The van der Waals surface area contributed by atoms with Crippen molar-refractivity contribution in [2.45, 2.75) is 20.8 Å². The van der Waals surface area contributed by atoms with Gasteiger partial charge in [0.15, 0.2) is 11.5 Å². The molecule has 0 bridgehead atoms. The Kier molecular flexibility index (Phi) is 6.15. The van der Waals surface area contributed by atoms with Crippen molar-refractivity contribution in [1.29, 1.82) is 0 Å². The molecule has 0 atom stereocenters. The van der Waals surface area contributed by atoms with Crippen LogP contribution in [0.3, 0.4) is 0 Å². The van der Waals surface area contributed by atoms with Crippen molar-refractivity contribution in [2.24, 2.45) is 0 Å². The SMILES string of the molecule is CC.COc1cc(C)c(O)c(OC)c1OC. The van der Waals surface area contributed by atoms with Crippen LogP contribution in [-0.2, 0) is 0 Å². The largest absolute Gasteiger partial charge is 0.504 e. The highest BCUT2D eigenvalue weighted by Gasteiger charge is 2.17. The van der Waals surface area contributed by atoms with Crippen LogP contribution < -0.4 is 14.2 Å². The van der Waals surface area contributed by atoms with Gasteiger partial charge in [-0.2, -0.15) is 0 Å². The zero-order chi connectivity index (χ0) is 12.7. The van der Waals surface area contributed by atoms with E-state index in [1.165, 1.54) is 21.3 Å². The first-order valence-corrected chi connectivity index (χ1v) is 5.14. The van der Waals surface area contributed by atoms with E-state index < -0.39 is 0 Å². The summed E-state index contributed by atoms with van der Waals surface area (Å²) in [6, 6.07) is 1.69. The maximum atomic E-state index is 9.67. The van der Waals surface area contributed by atoms with Gasteiger partial charge in [0.1, 0.15) is 0 Å². The van der Waals surface area contributed by atoms with E-state index in [-0.39, 0.29) is 5.75 Å². The standard InChI is InChI=1S/C10H14O4.C2H6/c1-6-5-7(12-2)9(13-3)10(14-4)8(6)11;1-2/h5,11H,1-4H3;1-2H3. The zero-order valence-electron chi connectivity index (χ0n) is 10.7. The molecule has 0 aliphatic carbocycles. The van der Waals surface area contributed by atoms with E-state index in [0.717, 1.165) is 0 Å². The Hall–Kier alpha value is -1.58. The molecule has 0 saturated carbocycles. The summed E-state index contributed by atoms with van der Waals surface area (Å²) in [5, 5.41) is 9.67. The smallest absolute Gasteiger partial charge is 0.207 e. The van der Waals surface area contributed by atoms with Crippen LogP contribution in [0.1, 0.15) is 19.4 Å². The Morgan fingerprint density at radius 2 is 1.44 bits per heavy atom. The highest BCUT2D eigenvalue weighted by molar-refractivity contribution is 5.61. The van der Waals surface area contributed by atoms with Crippen molar-refractivity contribution in [3.8, 4) is 23.0 Å². The molecule has 1 aromatic carbocycles. The van der Waals surface area contributed by atoms with E-state index in [4.69, 9.17) is 14.2 Å². The maximum absolute atomic E-state index is 9.67. The van der Waals surface area contributed by atoms with Gasteiger partial charge < -0.3 is 19.3 Å². The number of ether oxygens (including phenoxy) is 3. The first-order chi connectivity index (χ1) is 7.65. The summed E-state index contributed by atoms with van der Waals surface area (Å²) >= 11 is 0. The third-order valence-electron chi connectivity index (χ3n) is 1.99. The second-order valence-corrected chi connectivity index (χ2v) is 2.81. The second kappa shape index (κ2) is 6.82. The van der Waals surface area contributed by atoms with Crippen LogP contribution in [0.25, 0.3) is 0 Å². The van der Waals surface area contributed by atoms with Crippen molar-refractivity contribution in [3.63, 3.8) is 0 Å². The van der Waals surface area contributed by atoms with Crippen molar-refractivity contribution in [2.75, 3.05) is 21.3 Å². The molecule has 4 heteroatoms. The number of methoxy groups -OCH3 is 3. The van der Waals surface area contributed by atoms with E-state index in [1.807, 2.05) is 13.8 Å². The van der Waals surface area contributed by atoms with Gasteiger partial charge in [-0.25, -0.2) is 0 Å². The second-order valence-electron chi connectivity index (χ2n) is 2.81. The van der Waals surface area contributed by atoms with E-state index in [1.54, 1.807) is 13.0 Å². The Balaban J connectivity index is 0.00000106. The van der Waals surface area contributed by atoms with Crippen LogP contribution in [0.4, 0.5) is 0 Å². The summed E-state index contributed by atoms with van der Waals surface area (Å²) in [6.45, 7) is 5.76.